The van der Waals surface area contributed by atoms with Crippen LogP contribution in [-0.2, 0) is 4.79 Å². The third kappa shape index (κ3) is 3.02. The largest absolute Gasteiger partial charge is 0.497 e. The molecule has 0 aliphatic rings. The van der Waals surface area contributed by atoms with Crippen LogP contribution in [0.15, 0.2) is 22.7 Å². The first-order chi connectivity index (χ1) is 9.42. The molecule has 0 unspecified atom stereocenters. The van der Waals surface area contributed by atoms with Crippen LogP contribution < -0.4 is 4.74 Å². The van der Waals surface area contributed by atoms with Crippen LogP contribution >= 0.6 is 27.3 Å². The summed E-state index contributed by atoms with van der Waals surface area (Å²) >= 11 is 4.80. The highest BCUT2D eigenvalue weighted by Gasteiger charge is 2.19. The van der Waals surface area contributed by atoms with Gasteiger partial charge in [0.25, 0.3) is 0 Å². The minimum atomic E-state index is -0.956. The van der Waals surface area contributed by atoms with E-state index in [-0.39, 0.29) is 12.2 Å². The van der Waals surface area contributed by atoms with E-state index in [2.05, 4.69) is 15.9 Å². The second-order valence-electron chi connectivity index (χ2n) is 4.50. The number of rotatable bonds is 5. The Morgan fingerprint density at radius 1 is 1.40 bits per heavy atom. The van der Waals surface area contributed by atoms with Crippen molar-refractivity contribution in [2.24, 2.45) is 5.92 Å². The molecule has 0 aliphatic carbocycles. The molecule has 0 spiro atoms. The van der Waals surface area contributed by atoms with E-state index in [0.29, 0.717) is 10.6 Å². The first kappa shape index (κ1) is 15.0. The lowest BCUT2D eigenvalue weighted by atomic mass is 10.0. The quantitative estimate of drug-likeness (QED) is 0.823. The van der Waals surface area contributed by atoms with Crippen molar-refractivity contribution in [1.29, 1.82) is 0 Å². The molecule has 1 aromatic heterocycles. The third-order valence-electron chi connectivity index (χ3n) is 2.98. The number of carbonyl (C=O) groups excluding carboxylic acids is 1. The number of fused-ring (bicyclic) bond motifs is 1. The maximum atomic E-state index is 12.1. The Bertz CT molecular complexity index is 677. The Kier molecular flexibility index (Phi) is 4.45. The molecule has 1 atom stereocenters. The molecule has 1 aromatic carbocycles. The summed E-state index contributed by atoms with van der Waals surface area (Å²) in [5.41, 5.74) is 0. The molecule has 6 heteroatoms. The molecular weight excluding hydrogens is 344 g/mol. The van der Waals surface area contributed by atoms with Gasteiger partial charge in [-0.15, -0.1) is 11.3 Å². The van der Waals surface area contributed by atoms with Crippen LogP contribution in [0.5, 0.6) is 5.75 Å². The Morgan fingerprint density at radius 2 is 2.10 bits per heavy atom. The zero-order chi connectivity index (χ0) is 14.9. The van der Waals surface area contributed by atoms with Crippen molar-refractivity contribution in [2.45, 2.75) is 13.3 Å². The van der Waals surface area contributed by atoms with Crippen molar-refractivity contribution in [2.75, 3.05) is 7.11 Å². The summed E-state index contributed by atoms with van der Waals surface area (Å²) < 4.78 is 6.97. The summed E-state index contributed by atoms with van der Waals surface area (Å²) in [7, 11) is 1.59. The van der Waals surface area contributed by atoms with Crippen LogP contribution in [0, 0.1) is 5.92 Å². The predicted octanol–water partition coefficient (Wildman–Crippen LogP) is 3.97. The molecule has 0 bridgehead atoms. The molecule has 2 aromatic rings. The smallest absolute Gasteiger partial charge is 0.306 e. The Morgan fingerprint density at radius 3 is 2.70 bits per heavy atom. The van der Waals surface area contributed by atoms with Gasteiger partial charge in [0.15, 0.2) is 5.78 Å². The van der Waals surface area contributed by atoms with Crippen molar-refractivity contribution in [1.82, 2.24) is 0 Å². The van der Waals surface area contributed by atoms with E-state index in [9.17, 15) is 9.59 Å². The van der Waals surface area contributed by atoms with Crippen molar-refractivity contribution < 1.29 is 19.4 Å². The molecule has 20 heavy (non-hydrogen) atoms. The molecule has 0 saturated heterocycles. The second kappa shape index (κ2) is 5.93. The fourth-order valence-electron chi connectivity index (χ4n) is 1.79. The molecule has 4 nitrogen and oxygen atoms in total. The number of benzene rings is 1. The number of carbonyl (C=O) groups is 2. The molecule has 0 fully saturated rings. The molecule has 0 amide bonds. The van der Waals surface area contributed by atoms with E-state index in [1.807, 2.05) is 12.1 Å². The number of carboxylic acids is 1. The van der Waals surface area contributed by atoms with Gasteiger partial charge in [-0.05, 0) is 34.1 Å². The van der Waals surface area contributed by atoms with Crippen LogP contribution in [0.3, 0.4) is 0 Å². The first-order valence-corrected chi connectivity index (χ1v) is 7.56. The fourth-order valence-corrected chi connectivity index (χ4v) is 3.54. The highest BCUT2D eigenvalue weighted by molar-refractivity contribution is 9.10. The van der Waals surface area contributed by atoms with Crippen LogP contribution in [0.4, 0.5) is 0 Å². The van der Waals surface area contributed by atoms with Crippen molar-refractivity contribution >= 4 is 49.1 Å². The van der Waals surface area contributed by atoms with Crippen molar-refractivity contribution in [3.05, 3.63) is 27.5 Å². The predicted molar refractivity (Wildman–Crippen MR) is 81.8 cm³/mol. The second-order valence-corrected chi connectivity index (χ2v) is 6.44. The number of Topliss-reactive ketones (excluding diaryl/α,β-unsaturated/α-hetero) is 1. The van der Waals surface area contributed by atoms with Crippen LogP contribution in [0.1, 0.15) is 23.0 Å². The average molecular weight is 357 g/mol. The van der Waals surface area contributed by atoms with Crippen LogP contribution in [0.25, 0.3) is 10.1 Å². The summed E-state index contributed by atoms with van der Waals surface area (Å²) in [5.74, 6) is -1.07. The highest BCUT2D eigenvalue weighted by atomic mass is 79.9. The van der Waals surface area contributed by atoms with Gasteiger partial charge < -0.3 is 9.84 Å². The van der Waals surface area contributed by atoms with Gasteiger partial charge in [0.2, 0.25) is 0 Å². The van der Waals surface area contributed by atoms with Gasteiger partial charge in [-0.25, -0.2) is 0 Å². The maximum Gasteiger partial charge on any atom is 0.306 e. The van der Waals surface area contributed by atoms with E-state index in [4.69, 9.17) is 9.84 Å². The molecule has 106 valence electrons. The van der Waals surface area contributed by atoms with Crippen LogP contribution in [-0.4, -0.2) is 24.0 Å². The number of methoxy groups -OCH3 is 1. The van der Waals surface area contributed by atoms with E-state index in [1.54, 1.807) is 13.2 Å². The van der Waals surface area contributed by atoms with E-state index >= 15 is 0 Å². The maximum absolute atomic E-state index is 12.1. The van der Waals surface area contributed by atoms with Gasteiger partial charge in [-0.2, -0.15) is 0 Å². The Labute approximate surface area is 128 Å². The van der Waals surface area contributed by atoms with E-state index in [0.717, 1.165) is 14.6 Å². The zero-order valence-electron chi connectivity index (χ0n) is 11.0. The highest BCUT2D eigenvalue weighted by Crippen LogP contribution is 2.35. The van der Waals surface area contributed by atoms with Gasteiger partial charge in [-0.3, -0.25) is 9.59 Å². The topological polar surface area (TPSA) is 63.6 Å². The Balaban J connectivity index is 2.34. The zero-order valence-corrected chi connectivity index (χ0v) is 13.4. The molecule has 0 radical (unpaired) electrons. The van der Waals surface area contributed by atoms with E-state index in [1.165, 1.54) is 18.3 Å². The minimum absolute atomic E-state index is 0.0108. The number of thiophene rings is 1. The van der Waals surface area contributed by atoms with Gasteiger partial charge in [-0.1, -0.05) is 6.92 Å². The molecular formula is C14H13BrO4S. The summed E-state index contributed by atoms with van der Waals surface area (Å²) in [6, 6.07) is 5.49. The third-order valence-corrected chi connectivity index (χ3v) is 4.76. The number of carboxylic acid groups (broad SMARTS) is 1. The number of ether oxygens (including phenoxy) is 1. The molecule has 0 saturated carbocycles. The summed E-state index contributed by atoms with van der Waals surface area (Å²) in [6.45, 7) is 1.53. The van der Waals surface area contributed by atoms with Crippen molar-refractivity contribution in [3.8, 4) is 5.75 Å². The lowest BCUT2D eigenvalue weighted by Gasteiger charge is -2.02. The van der Waals surface area contributed by atoms with Crippen molar-refractivity contribution in [3.63, 3.8) is 0 Å². The average Bonchev–Trinajstić information content (AvgIpc) is 2.82. The summed E-state index contributed by atoms with van der Waals surface area (Å²) in [5, 5.41) is 9.79. The lowest BCUT2D eigenvalue weighted by Crippen LogP contribution is -2.13. The number of halogens is 1. The molecule has 1 heterocycles. The minimum Gasteiger partial charge on any atom is -0.497 e. The lowest BCUT2D eigenvalue weighted by molar-refractivity contribution is -0.141. The van der Waals surface area contributed by atoms with Crippen LogP contribution in [0.2, 0.25) is 0 Å². The van der Waals surface area contributed by atoms with Gasteiger partial charge in [0, 0.05) is 21.0 Å². The number of aliphatic carboxylic acids is 1. The standard InChI is InChI=1S/C14H13BrO4S/c1-7(14(17)18)3-11(16)13-6-9-10(15)4-8(19-2)5-12(9)20-13/h4-7H,3H2,1-2H3,(H,17,18)/t7-/m0/s1. The number of hydrogen-bond acceptors (Lipinski definition) is 4. The summed E-state index contributed by atoms with van der Waals surface area (Å²) in [6.07, 6.45) is 0.0108. The number of ketones is 1. The monoisotopic (exact) mass is 356 g/mol. The molecule has 0 aliphatic heterocycles. The van der Waals surface area contributed by atoms with Gasteiger partial charge in [0.1, 0.15) is 5.75 Å². The fraction of sp³-hybridized carbons (Fsp3) is 0.286. The normalized spacial score (nSPS) is 12.3. The SMILES string of the molecule is COc1cc(Br)c2cc(C(=O)C[C@H](C)C(=O)O)sc2c1. The molecule has 2 rings (SSSR count). The molecule has 1 N–H and O–H groups in total. The van der Waals surface area contributed by atoms with Gasteiger partial charge in [0.05, 0.1) is 17.9 Å². The first-order valence-electron chi connectivity index (χ1n) is 5.95. The Hall–Kier alpha value is -1.40. The number of hydrogen-bond donors (Lipinski definition) is 1. The van der Waals surface area contributed by atoms with Gasteiger partial charge >= 0.3 is 5.97 Å². The summed E-state index contributed by atoms with van der Waals surface area (Å²) in [4.78, 5) is 23.5. The van der Waals surface area contributed by atoms with E-state index < -0.39 is 11.9 Å².